The fourth-order valence-electron chi connectivity index (χ4n) is 3.36. The Balaban J connectivity index is 1.96. The Labute approximate surface area is 119 Å². The van der Waals surface area contributed by atoms with Crippen LogP contribution in [0.5, 0.6) is 5.75 Å². The number of ether oxygens (including phenoxy) is 1. The first kappa shape index (κ1) is 13.2. The summed E-state index contributed by atoms with van der Waals surface area (Å²) in [4.78, 5) is 12.5. The number of ketones is 1. The number of para-hydroxylation sites is 1. The van der Waals surface area contributed by atoms with Crippen molar-refractivity contribution in [3.63, 3.8) is 0 Å². The van der Waals surface area contributed by atoms with E-state index in [1.54, 1.807) is 7.11 Å². The zero-order valence-corrected chi connectivity index (χ0v) is 12.1. The average molecular weight is 272 g/mol. The molecule has 1 aliphatic heterocycles. The van der Waals surface area contributed by atoms with Crippen LogP contribution in [0.1, 0.15) is 32.3 Å². The highest BCUT2D eigenvalue weighted by Crippen LogP contribution is 2.40. The number of hydrogen-bond acceptors (Lipinski definition) is 4. The molecule has 2 aliphatic rings. The number of nitrogens with one attached hydrogen (secondary N) is 1. The first-order valence-electron chi connectivity index (χ1n) is 7.01. The molecule has 4 heteroatoms. The Morgan fingerprint density at radius 2 is 2.10 bits per heavy atom. The third-order valence-corrected chi connectivity index (χ3v) is 4.20. The molecule has 0 aromatic heterocycles. The first-order valence-corrected chi connectivity index (χ1v) is 7.01. The number of methoxy groups -OCH3 is 1. The number of Topliss-reactive ketones (excluding diaryl/α,β-unsaturated/α-hetero) is 1. The number of carbonyl (C=O) groups excluding carboxylic acids is 1. The summed E-state index contributed by atoms with van der Waals surface area (Å²) in [5, 5.41) is 4.44. The van der Waals surface area contributed by atoms with Gasteiger partial charge in [-0.25, -0.2) is 0 Å². The van der Waals surface area contributed by atoms with Crippen LogP contribution in [0.2, 0.25) is 0 Å². The average Bonchev–Trinajstić information content (AvgIpc) is 2.80. The molecule has 1 saturated carbocycles. The minimum Gasteiger partial charge on any atom is -0.496 e. The van der Waals surface area contributed by atoms with Crippen LogP contribution >= 0.6 is 0 Å². The highest BCUT2D eigenvalue weighted by atomic mass is 16.5. The van der Waals surface area contributed by atoms with E-state index in [9.17, 15) is 4.79 Å². The van der Waals surface area contributed by atoms with Crippen molar-refractivity contribution in [1.29, 1.82) is 0 Å². The Kier molecular flexibility index (Phi) is 3.04. The Morgan fingerprint density at radius 3 is 2.85 bits per heavy atom. The summed E-state index contributed by atoms with van der Waals surface area (Å²) in [6.07, 6.45) is 1.58. The van der Waals surface area contributed by atoms with Gasteiger partial charge in [0, 0.05) is 12.0 Å². The van der Waals surface area contributed by atoms with Crippen molar-refractivity contribution in [2.75, 3.05) is 7.11 Å². The number of fused-ring (bicyclic) bond motifs is 1. The van der Waals surface area contributed by atoms with Gasteiger partial charge in [-0.15, -0.1) is 0 Å². The second-order valence-electron chi connectivity index (χ2n) is 6.42. The summed E-state index contributed by atoms with van der Waals surface area (Å²) in [6, 6.07) is 7.86. The van der Waals surface area contributed by atoms with Crippen LogP contribution in [0, 0.1) is 11.3 Å². The Hall–Kier alpha value is -1.84. The van der Waals surface area contributed by atoms with Crippen molar-refractivity contribution >= 4 is 11.5 Å². The number of nitrogens with zero attached hydrogens (tertiary/aromatic N) is 1. The van der Waals surface area contributed by atoms with Gasteiger partial charge < -0.3 is 10.2 Å². The van der Waals surface area contributed by atoms with E-state index in [0.717, 1.165) is 23.4 Å². The molecule has 20 heavy (non-hydrogen) atoms. The fourth-order valence-corrected chi connectivity index (χ4v) is 3.36. The molecule has 0 bridgehead atoms. The smallest absolute Gasteiger partial charge is 0.144 e. The van der Waals surface area contributed by atoms with E-state index in [1.165, 1.54) is 0 Å². The standard InChI is InChI=1S/C16H20N2O2/c1-16(2)8-11-14(12(19)9-16)15(18-17-11)10-6-4-5-7-13(10)20-3/h4-7,11,14,17H,8-9H2,1-3H3/t11-,14+/m0/s1. The summed E-state index contributed by atoms with van der Waals surface area (Å²) in [5.74, 6) is 0.909. The van der Waals surface area contributed by atoms with E-state index >= 15 is 0 Å². The molecule has 106 valence electrons. The van der Waals surface area contributed by atoms with E-state index in [1.807, 2.05) is 24.3 Å². The largest absolute Gasteiger partial charge is 0.496 e. The third-order valence-electron chi connectivity index (χ3n) is 4.20. The number of hydrogen-bond donors (Lipinski definition) is 1. The van der Waals surface area contributed by atoms with Gasteiger partial charge in [0.15, 0.2) is 0 Å². The van der Waals surface area contributed by atoms with Gasteiger partial charge in [0.25, 0.3) is 0 Å². The van der Waals surface area contributed by atoms with E-state index in [-0.39, 0.29) is 23.2 Å². The summed E-state index contributed by atoms with van der Waals surface area (Å²) in [7, 11) is 1.64. The minimum atomic E-state index is -0.140. The van der Waals surface area contributed by atoms with E-state index in [0.29, 0.717) is 6.42 Å². The van der Waals surface area contributed by atoms with E-state index < -0.39 is 0 Å². The maximum atomic E-state index is 12.5. The summed E-state index contributed by atoms with van der Waals surface area (Å²) >= 11 is 0. The Bertz CT molecular complexity index is 578. The van der Waals surface area contributed by atoms with Crippen molar-refractivity contribution in [3.05, 3.63) is 29.8 Å². The predicted octanol–water partition coefficient (Wildman–Crippen LogP) is 2.38. The van der Waals surface area contributed by atoms with Crippen LogP contribution in [-0.4, -0.2) is 24.6 Å². The lowest BCUT2D eigenvalue weighted by atomic mass is 9.68. The van der Waals surface area contributed by atoms with Crippen molar-refractivity contribution < 1.29 is 9.53 Å². The molecule has 3 rings (SSSR count). The van der Waals surface area contributed by atoms with Crippen LogP contribution in [0.3, 0.4) is 0 Å². The zero-order chi connectivity index (χ0) is 14.3. The van der Waals surface area contributed by atoms with Gasteiger partial charge in [0.05, 0.1) is 24.8 Å². The van der Waals surface area contributed by atoms with Gasteiger partial charge in [0.2, 0.25) is 0 Å². The molecule has 1 heterocycles. The molecule has 1 aromatic rings. The molecule has 1 aliphatic carbocycles. The molecule has 1 fully saturated rings. The number of benzene rings is 1. The van der Waals surface area contributed by atoms with Gasteiger partial charge in [0.1, 0.15) is 11.5 Å². The molecular formula is C16H20N2O2. The quantitative estimate of drug-likeness (QED) is 0.899. The monoisotopic (exact) mass is 272 g/mol. The second kappa shape index (κ2) is 4.62. The molecule has 0 spiro atoms. The van der Waals surface area contributed by atoms with Crippen LogP contribution in [0.15, 0.2) is 29.4 Å². The van der Waals surface area contributed by atoms with Crippen molar-refractivity contribution in [2.24, 2.45) is 16.4 Å². The highest BCUT2D eigenvalue weighted by molar-refractivity contribution is 6.16. The lowest BCUT2D eigenvalue weighted by Crippen LogP contribution is -2.45. The molecular weight excluding hydrogens is 252 g/mol. The van der Waals surface area contributed by atoms with Crippen LogP contribution in [0.25, 0.3) is 0 Å². The zero-order valence-electron chi connectivity index (χ0n) is 12.1. The molecule has 0 unspecified atom stereocenters. The molecule has 1 aromatic carbocycles. The summed E-state index contributed by atoms with van der Waals surface area (Å²) in [5.41, 5.74) is 4.95. The topological polar surface area (TPSA) is 50.7 Å². The number of rotatable bonds is 2. The summed E-state index contributed by atoms with van der Waals surface area (Å²) < 4.78 is 5.39. The Morgan fingerprint density at radius 1 is 1.35 bits per heavy atom. The van der Waals surface area contributed by atoms with E-state index in [2.05, 4.69) is 24.4 Å². The lowest BCUT2D eigenvalue weighted by Gasteiger charge is -2.36. The van der Waals surface area contributed by atoms with Gasteiger partial charge in [-0.1, -0.05) is 26.0 Å². The molecule has 0 radical (unpaired) electrons. The number of hydrazone groups is 1. The molecule has 4 nitrogen and oxygen atoms in total. The van der Waals surface area contributed by atoms with Crippen LogP contribution in [-0.2, 0) is 4.79 Å². The van der Waals surface area contributed by atoms with Crippen LogP contribution < -0.4 is 10.2 Å². The van der Waals surface area contributed by atoms with Crippen molar-refractivity contribution in [2.45, 2.75) is 32.7 Å². The number of carbonyl (C=O) groups is 1. The van der Waals surface area contributed by atoms with Gasteiger partial charge in [-0.2, -0.15) is 5.10 Å². The highest BCUT2D eigenvalue weighted by Gasteiger charge is 2.46. The van der Waals surface area contributed by atoms with Gasteiger partial charge >= 0.3 is 0 Å². The van der Waals surface area contributed by atoms with Gasteiger partial charge in [-0.3, -0.25) is 4.79 Å². The normalized spacial score (nSPS) is 27.6. The first-order chi connectivity index (χ1) is 9.52. The van der Waals surface area contributed by atoms with Gasteiger partial charge in [-0.05, 0) is 24.0 Å². The molecule has 0 amide bonds. The molecule has 1 N–H and O–H groups in total. The maximum Gasteiger partial charge on any atom is 0.144 e. The summed E-state index contributed by atoms with van der Waals surface area (Å²) in [6.45, 7) is 4.29. The van der Waals surface area contributed by atoms with E-state index in [4.69, 9.17) is 4.74 Å². The van der Waals surface area contributed by atoms with Crippen molar-refractivity contribution in [1.82, 2.24) is 5.43 Å². The van der Waals surface area contributed by atoms with Crippen molar-refractivity contribution in [3.8, 4) is 5.75 Å². The fraction of sp³-hybridized carbons (Fsp3) is 0.500. The minimum absolute atomic E-state index is 0.0526. The lowest BCUT2D eigenvalue weighted by molar-refractivity contribution is -0.126. The SMILES string of the molecule is COc1ccccc1C1=NN[C@H]2CC(C)(C)CC(=O)[C@H]12. The van der Waals surface area contributed by atoms with Crippen LogP contribution in [0.4, 0.5) is 0 Å². The molecule has 2 atom stereocenters. The third kappa shape index (κ3) is 2.09. The molecule has 0 saturated heterocycles. The second-order valence-corrected chi connectivity index (χ2v) is 6.42. The predicted molar refractivity (Wildman–Crippen MR) is 78.0 cm³/mol. The maximum absolute atomic E-state index is 12.5.